The summed E-state index contributed by atoms with van der Waals surface area (Å²) in [6, 6.07) is 9.66. The van der Waals surface area contributed by atoms with Gasteiger partial charge in [-0.1, -0.05) is 12.1 Å². The molecule has 0 saturated carbocycles. The molecule has 0 radical (unpaired) electrons. The highest BCUT2D eigenvalue weighted by Gasteiger charge is 2.01. The number of benzene rings is 1. The average molecular weight is 243 g/mol. The third kappa shape index (κ3) is 3.21. The molecule has 0 atom stereocenters. The van der Waals surface area contributed by atoms with Gasteiger partial charge in [0.2, 0.25) is 0 Å². The van der Waals surface area contributed by atoms with E-state index >= 15 is 0 Å². The van der Waals surface area contributed by atoms with Gasteiger partial charge in [-0.05, 0) is 29.3 Å². The zero-order valence-corrected chi connectivity index (χ0v) is 10.4. The molecule has 3 N–H and O–H groups in total. The molecule has 0 saturated heterocycles. The van der Waals surface area contributed by atoms with Crippen molar-refractivity contribution in [3.05, 3.63) is 59.4 Å². The van der Waals surface area contributed by atoms with Gasteiger partial charge in [0.05, 0.1) is 0 Å². The van der Waals surface area contributed by atoms with Crippen LogP contribution < -0.4 is 10.6 Å². The molecule has 94 valence electrons. The Bertz CT molecular complexity index is 488. The number of hydrogen-bond donors (Lipinski definition) is 3. The van der Waals surface area contributed by atoms with Gasteiger partial charge in [-0.15, -0.1) is 0 Å². The summed E-state index contributed by atoms with van der Waals surface area (Å²) in [5, 5.41) is 5.95. The van der Waals surface area contributed by atoms with E-state index in [4.69, 9.17) is 0 Å². The Morgan fingerprint density at radius 2 is 1.83 bits per heavy atom. The van der Waals surface area contributed by atoms with Gasteiger partial charge in [-0.3, -0.25) is 4.79 Å². The van der Waals surface area contributed by atoms with Crippen LogP contribution in [0.25, 0.3) is 0 Å². The molecule has 1 amide bonds. The van der Waals surface area contributed by atoms with Crippen LogP contribution in [0.5, 0.6) is 0 Å². The maximum absolute atomic E-state index is 11.4. The first-order chi connectivity index (χ1) is 8.79. The summed E-state index contributed by atoms with van der Waals surface area (Å²) in [4.78, 5) is 14.4. The van der Waals surface area contributed by atoms with Gasteiger partial charge in [0.15, 0.2) is 0 Å². The Labute approximate surface area is 106 Å². The van der Waals surface area contributed by atoms with E-state index in [1.165, 1.54) is 5.56 Å². The topological polar surface area (TPSA) is 56.9 Å². The van der Waals surface area contributed by atoms with Gasteiger partial charge < -0.3 is 15.6 Å². The van der Waals surface area contributed by atoms with E-state index in [0.29, 0.717) is 5.56 Å². The Kier molecular flexibility index (Phi) is 4.15. The van der Waals surface area contributed by atoms with Gasteiger partial charge in [-0.2, -0.15) is 0 Å². The Balaban J connectivity index is 1.85. The van der Waals surface area contributed by atoms with Crippen molar-refractivity contribution in [3.8, 4) is 0 Å². The van der Waals surface area contributed by atoms with E-state index in [0.717, 1.165) is 18.7 Å². The van der Waals surface area contributed by atoms with Crippen LogP contribution >= 0.6 is 0 Å². The molecule has 0 aliphatic rings. The van der Waals surface area contributed by atoms with E-state index in [1.54, 1.807) is 7.05 Å². The molecule has 1 aromatic carbocycles. The second-order valence-corrected chi connectivity index (χ2v) is 4.10. The summed E-state index contributed by atoms with van der Waals surface area (Å²) >= 11 is 0. The van der Waals surface area contributed by atoms with E-state index < -0.39 is 0 Å². The summed E-state index contributed by atoms with van der Waals surface area (Å²) in [5.41, 5.74) is 3.09. The summed E-state index contributed by atoms with van der Waals surface area (Å²) in [5.74, 6) is -0.0539. The van der Waals surface area contributed by atoms with Crippen molar-refractivity contribution in [2.75, 3.05) is 7.05 Å². The van der Waals surface area contributed by atoms with Crippen molar-refractivity contribution in [2.24, 2.45) is 0 Å². The lowest BCUT2D eigenvalue weighted by molar-refractivity contribution is 0.0963. The maximum atomic E-state index is 11.4. The van der Waals surface area contributed by atoms with Crippen molar-refractivity contribution >= 4 is 5.91 Å². The van der Waals surface area contributed by atoms with Crippen LogP contribution in [-0.2, 0) is 13.1 Å². The highest BCUT2D eigenvalue weighted by Crippen LogP contribution is 2.05. The lowest BCUT2D eigenvalue weighted by Crippen LogP contribution is -2.18. The second kappa shape index (κ2) is 6.02. The van der Waals surface area contributed by atoms with Gasteiger partial charge in [0, 0.05) is 38.1 Å². The monoisotopic (exact) mass is 243 g/mol. The summed E-state index contributed by atoms with van der Waals surface area (Å²) in [6.07, 6.45) is 3.89. The van der Waals surface area contributed by atoms with Crippen LogP contribution in [0.3, 0.4) is 0 Å². The highest BCUT2D eigenvalue weighted by molar-refractivity contribution is 5.93. The van der Waals surface area contributed by atoms with Crippen LogP contribution in [0.15, 0.2) is 42.7 Å². The van der Waals surface area contributed by atoms with E-state index in [1.807, 2.05) is 42.7 Å². The van der Waals surface area contributed by atoms with E-state index in [-0.39, 0.29) is 5.91 Å². The summed E-state index contributed by atoms with van der Waals surface area (Å²) < 4.78 is 0. The average Bonchev–Trinajstić information content (AvgIpc) is 2.92. The fourth-order valence-corrected chi connectivity index (χ4v) is 1.74. The molecule has 0 spiro atoms. The smallest absolute Gasteiger partial charge is 0.251 e. The predicted octanol–water partition coefficient (Wildman–Crippen LogP) is 1.66. The van der Waals surface area contributed by atoms with Crippen LogP contribution in [0.2, 0.25) is 0 Å². The molecule has 2 aromatic rings. The molecule has 4 heteroatoms. The molecule has 0 bridgehead atoms. The number of nitrogens with one attached hydrogen (secondary N) is 3. The first-order valence-electron chi connectivity index (χ1n) is 5.93. The van der Waals surface area contributed by atoms with Crippen LogP contribution in [0.1, 0.15) is 21.5 Å². The Morgan fingerprint density at radius 3 is 2.44 bits per heavy atom. The molecular weight excluding hydrogens is 226 g/mol. The second-order valence-electron chi connectivity index (χ2n) is 4.10. The zero-order chi connectivity index (χ0) is 12.8. The standard InChI is InChI=1S/C14H17N3O/c1-15-14(18)13-4-2-11(3-5-13)8-17-10-12-6-7-16-9-12/h2-7,9,16-17H,8,10H2,1H3,(H,15,18). The molecule has 4 nitrogen and oxygen atoms in total. The van der Waals surface area contributed by atoms with Crippen molar-refractivity contribution in [1.82, 2.24) is 15.6 Å². The molecule has 0 unspecified atom stereocenters. The van der Waals surface area contributed by atoms with Crippen molar-refractivity contribution < 1.29 is 4.79 Å². The third-order valence-corrected chi connectivity index (χ3v) is 2.76. The molecule has 18 heavy (non-hydrogen) atoms. The largest absolute Gasteiger partial charge is 0.367 e. The number of amides is 1. The SMILES string of the molecule is CNC(=O)c1ccc(CNCc2cc[nH]c2)cc1. The number of aromatic nitrogens is 1. The maximum Gasteiger partial charge on any atom is 0.251 e. The Hall–Kier alpha value is -2.07. The van der Waals surface area contributed by atoms with Crippen molar-refractivity contribution in [3.63, 3.8) is 0 Å². The number of rotatable bonds is 5. The van der Waals surface area contributed by atoms with Gasteiger partial charge in [0.1, 0.15) is 0 Å². The van der Waals surface area contributed by atoms with Crippen LogP contribution in [0, 0.1) is 0 Å². The first kappa shape index (κ1) is 12.4. The zero-order valence-electron chi connectivity index (χ0n) is 10.4. The van der Waals surface area contributed by atoms with Crippen molar-refractivity contribution in [2.45, 2.75) is 13.1 Å². The Morgan fingerprint density at radius 1 is 1.11 bits per heavy atom. The molecular formula is C14H17N3O. The summed E-state index contributed by atoms with van der Waals surface area (Å²) in [7, 11) is 1.63. The lowest BCUT2D eigenvalue weighted by atomic mass is 10.1. The van der Waals surface area contributed by atoms with Gasteiger partial charge in [-0.25, -0.2) is 0 Å². The predicted molar refractivity (Wildman–Crippen MR) is 71.2 cm³/mol. The van der Waals surface area contributed by atoms with E-state index in [2.05, 4.69) is 15.6 Å². The molecule has 0 aliphatic heterocycles. The number of hydrogen-bond acceptors (Lipinski definition) is 2. The highest BCUT2D eigenvalue weighted by atomic mass is 16.1. The number of H-pyrrole nitrogens is 1. The molecule has 0 aliphatic carbocycles. The third-order valence-electron chi connectivity index (χ3n) is 2.76. The molecule has 0 fully saturated rings. The number of carbonyl (C=O) groups excluding carboxylic acids is 1. The fourth-order valence-electron chi connectivity index (χ4n) is 1.74. The minimum Gasteiger partial charge on any atom is -0.367 e. The van der Waals surface area contributed by atoms with E-state index in [9.17, 15) is 4.79 Å². The van der Waals surface area contributed by atoms with Gasteiger partial charge >= 0.3 is 0 Å². The minimum atomic E-state index is -0.0539. The van der Waals surface area contributed by atoms with Gasteiger partial charge in [0.25, 0.3) is 5.91 Å². The molecule has 1 aromatic heterocycles. The molecule has 2 rings (SSSR count). The number of aromatic amines is 1. The van der Waals surface area contributed by atoms with Crippen LogP contribution in [-0.4, -0.2) is 17.9 Å². The summed E-state index contributed by atoms with van der Waals surface area (Å²) in [6.45, 7) is 1.62. The lowest BCUT2D eigenvalue weighted by Gasteiger charge is -2.05. The normalized spacial score (nSPS) is 10.3. The number of carbonyl (C=O) groups is 1. The van der Waals surface area contributed by atoms with Crippen LogP contribution in [0.4, 0.5) is 0 Å². The molecule has 1 heterocycles. The first-order valence-corrected chi connectivity index (χ1v) is 5.93. The van der Waals surface area contributed by atoms with Crippen molar-refractivity contribution in [1.29, 1.82) is 0 Å². The fraction of sp³-hybridized carbons (Fsp3) is 0.214. The minimum absolute atomic E-state index is 0.0539. The quantitative estimate of drug-likeness (QED) is 0.748.